The minimum atomic E-state index is -0.643. The Bertz CT molecular complexity index is 196. The van der Waals surface area contributed by atoms with Crippen molar-refractivity contribution in [3.8, 4) is 0 Å². The van der Waals surface area contributed by atoms with E-state index in [2.05, 4.69) is 12.2 Å². The Morgan fingerprint density at radius 3 is 2.73 bits per heavy atom. The van der Waals surface area contributed by atoms with Gasteiger partial charge in [0, 0.05) is 29.4 Å². The second-order valence-electron chi connectivity index (χ2n) is 4.79. The lowest BCUT2D eigenvalue weighted by atomic mass is 9.80. The SMILES string of the molecule is CCC1CCCC(CNCCS(C)=O)C1. The molecule has 1 rings (SSSR count). The summed E-state index contributed by atoms with van der Waals surface area (Å²) >= 11 is 0. The van der Waals surface area contributed by atoms with Crippen LogP contribution >= 0.6 is 0 Å². The van der Waals surface area contributed by atoms with Crippen molar-refractivity contribution in [2.24, 2.45) is 11.8 Å². The molecule has 3 unspecified atom stereocenters. The molecule has 15 heavy (non-hydrogen) atoms. The van der Waals surface area contributed by atoms with Gasteiger partial charge in [0.25, 0.3) is 0 Å². The van der Waals surface area contributed by atoms with Crippen molar-refractivity contribution in [1.29, 1.82) is 0 Å². The Hall–Kier alpha value is 0.110. The second-order valence-corrected chi connectivity index (χ2v) is 6.34. The molecule has 0 aromatic carbocycles. The van der Waals surface area contributed by atoms with Gasteiger partial charge in [-0.2, -0.15) is 0 Å². The molecule has 90 valence electrons. The smallest absolute Gasteiger partial charge is 0.0357 e. The molecule has 1 aliphatic rings. The molecule has 0 spiro atoms. The van der Waals surface area contributed by atoms with Crippen LogP contribution in [0, 0.1) is 11.8 Å². The van der Waals surface area contributed by atoms with Crippen LogP contribution in [0.2, 0.25) is 0 Å². The molecule has 1 aliphatic carbocycles. The molecule has 0 saturated heterocycles. The van der Waals surface area contributed by atoms with Gasteiger partial charge < -0.3 is 5.32 Å². The van der Waals surface area contributed by atoms with Crippen molar-refractivity contribution in [3.05, 3.63) is 0 Å². The third-order valence-electron chi connectivity index (χ3n) is 3.47. The molecule has 1 N–H and O–H groups in total. The van der Waals surface area contributed by atoms with Gasteiger partial charge in [0.2, 0.25) is 0 Å². The molecule has 3 heteroatoms. The van der Waals surface area contributed by atoms with Gasteiger partial charge in [0.1, 0.15) is 0 Å². The van der Waals surface area contributed by atoms with E-state index in [1.165, 1.54) is 32.1 Å². The molecule has 1 fully saturated rings. The fourth-order valence-electron chi connectivity index (χ4n) is 2.48. The van der Waals surface area contributed by atoms with E-state index in [9.17, 15) is 4.21 Å². The first-order chi connectivity index (χ1) is 7.22. The van der Waals surface area contributed by atoms with Crippen LogP contribution in [0.15, 0.2) is 0 Å². The zero-order valence-corrected chi connectivity index (χ0v) is 10.9. The van der Waals surface area contributed by atoms with E-state index in [1.807, 2.05) is 0 Å². The molecule has 0 heterocycles. The maximum atomic E-state index is 10.9. The molecular weight excluding hydrogens is 206 g/mol. The van der Waals surface area contributed by atoms with Crippen molar-refractivity contribution in [1.82, 2.24) is 5.32 Å². The summed E-state index contributed by atoms with van der Waals surface area (Å²) in [4.78, 5) is 0. The number of hydrogen-bond acceptors (Lipinski definition) is 2. The van der Waals surface area contributed by atoms with Crippen molar-refractivity contribution in [2.45, 2.75) is 39.0 Å². The van der Waals surface area contributed by atoms with E-state index < -0.39 is 10.8 Å². The Morgan fingerprint density at radius 1 is 1.33 bits per heavy atom. The maximum Gasteiger partial charge on any atom is 0.0357 e. The van der Waals surface area contributed by atoms with Gasteiger partial charge in [-0.1, -0.05) is 26.2 Å². The van der Waals surface area contributed by atoms with E-state index >= 15 is 0 Å². The van der Waals surface area contributed by atoms with Crippen molar-refractivity contribution in [2.75, 3.05) is 25.1 Å². The Labute approximate surface area is 96.7 Å². The van der Waals surface area contributed by atoms with Crippen molar-refractivity contribution in [3.63, 3.8) is 0 Å². The molecular formula is C12H25NOS. The first kappa shape index (κ1) is 13.2. The van der Waals surface area contributed by atoms with Crippen LogP contribution in [0.1, 0.15) is 39.0 Å². The Balaban J connectivity index is 2.07. The van der Waals surface area contributed by atoms with Crippen LogP contribution in [-0.4, -0.2) is 29.3 Å². The second kappa shape index (κ2) is 7.39. The Kier molecular flexibility index (Phi) is 6.50. The summed E-state index contributed by atoms with van der Waals surface area (Å²) in [5.41, 5.74) is 0. The first-order valence-electron chi connectivity index (χ1n) is 6.23. The standard InChI is InChI=1S/C12H25NOS/c1-3-11-5-4-6-12(9-11)10-13-7-8-15(2)14/h11-13H,3-10H2,1-2H3. The lowest BCUT2D eigenvalue weighted by Crippen LogP contribution is -2.29. The monoisotopic (exact) mass is 231 g/mol. The summed E-state index contributed by atoms with van der Waals surface area (Å²) in [7, 11) is -0.643. The molecule has 1 saturated carbocycles. The fraction of sp³-hybridized carbons (Fsp3) is 1.00. The van der Waals surface area contributed by atoms with Crippen LogP contribution in [0.25, 0.3) is 0 Å². The van der Waals surface area contributed by atoms with E-state index in [4.69, 9.17) is 0 Å². The highest BCUT2D eigenvalue weighted by Crippen LogP contribution is 2.30. The van der Waals surface area contributed by atoms with Crippen LogP contribution in [-0.2, 0) is 10.8 Å². The number of nitrogens with one attached hydrogen (secondary N) is 1. The quantitative estimate of drug-likeness (QED) is 0.710. The topological polar surface area (TPSA) is 29.1 Å². The Morgan fingerprint density at radius 2 is 2.07 bits per heavy atom. The molecule has 2 nitrogen and oxygen atoms in total. The highest BCUT2D eigenvalue weighted by atomic mass is 32.2. The first-order valence-corrected chi connectivity index (χ1v) is 7.95. The third kappa shape index (κ3) is 5.67. The van der Waals surface area contributed by atoms with Gasteiger partial charge in [-0.3, -0.25) is 4.21 Å². The van der Waals surface area contributed by atoms with Gasteiger partial charge in [-0.25, -0.2) is 0 Å². The molecule has 0 aromatic rings. The predicted octanol–water partition coefficient (Wildman–Crippen LogP) is 2.17. The van der Waals surface area contributed by atoms with Crippen molar-refractivity contribution < 1.29 is 4.21 Å². The van der Waals surface area contributed by atoms with Crippen LogP contribution in [0.4, 0.5) is 0 Å². The van der Waals surface area contributed by atoms with Gasteiger partial charge in [0.15, 0.2) is 0 Å². The van der Waals surface area contributed by atoms with E-state index in [1.54, 1.807) is 6.26 Å². The summed E-state index contributed by atoms with van der Waals surface area (Å²) in [6, 6.07) is 0. The van der Waals surface area contributed by atoms with E-state index in [0.29, 0.717) is 0 Å². The lowest BCUT2D eigenvalue weighted by Gasteiger charge is -2.28. The third-order valence-corrected chi connectivity index (χ3v) is 4.25. The number of hydrogen-bond donors (Lipinski definition) is 1. The van der Waals surface area contributed by atoms with E-state index in [0.717, 1.165) is 30.7 Å². The average molecular weight is 231 g/mol. The van der Waals surface area contributed by atoms with Crippen LogP contribution in [0.5, 0.6) is 0 Å². The molecule has 0 aromatic heterocycles. The summed E-state index contributed by atoms with van der Waals surface area (Å²) in [5.74, 6) is 2.63. The molecule has 3 atom stereocenters. The normalized spacial score (nSPS) is 28.9. The highest BCUT2D eigenvalue weighted by molar-refractivity contribution is 7.84. The average Bonchev–Trinajstić information content (AvgIpc) is 2.24. The molecule has 0 amide bonds. The summed E-state index contributed by atoms with van der Waals surface area (Å²) in [6.07, 6.45) is 8.75. The molecule has 0 aliphatic heterocycles. The van der Waals surface area contributed by atoms with Crippen molar-refractivity contribution >= 4 is 10.8 Å². The zero-order chi connectivity index (χ0) is 11.1. The largest absolute Gasteiger partial charge is 0.316 e. The predicted molar refractivity (Wildman–Crippen MR) is 67.5 cm³/mol. The van der Waals surface area contributed by atoms with Crippen LogP contribution < -0.4 is 5.32 Å². The minimum Gasteiger partial charge on any atom is -0.316 e. The zero-order valence-electron chi connectivity index (χ0n) is 10.1. The van der Waals surface area contributed by atoms with Gasteiger partial charge in [-0.15, -0.1) is 0 Å². The van der Waals surface area contributed by atoms with E-state index in [-0.39, 0.29) is 0 Å². The van der Waals surface area contributed by atoms with Crippen LogP contribution in [0.3, 0.4) is 0 Å². The lowest BCUT2D eigenvalue weighted by molar-refractivity contribution is 0.255. The fourth-order valence-corrected chi connectivity index (χ4v) is 2.91. The highest BCUT2D eigenvalue weighted by Gasteiger charge is 2.19. The number of rotatable bonds is 6. The maximum absolute atomic E-state index is 10.9. The molecule has 0 radical (unpaired) electrons. The molecule has 0 bridgehead atoms. The summed E-state index contributed by atoms with van der Waals surface area (Å²) in [6.45, 7) is 4.35. The van der Waals surface area contributed by atoms with Gasteiger partial charge >= 0.3 is 0 Å². The van der Waals surface area contributed by atoms with Gasteiger partial charge in [0.05, 0.1) is 0 Å². The van der Waals surface area contributed by atoms with Gasteiger partial charge in [-0.05, 0) is 31.2 Å². The summed E-state index contributed by atoms with van der Waals surface area (Å²) in [5, 5.41) is 3.44. The summed E-state index contributed by atoms with van der Waals surface area (Å²) < 4.78 is 10.9. The minimum absolute atomic E-state index is 0.643.